The van der Waals surface area contributed by atoms with Gasteiger partial charge in [-0.1, -0.05) is 44.9 Å². The van der Waals surface area contributed by atoms with Crippen LogP contribution in [-0.2, 0) is 17.8 Å². The minimum atomic E-state index is 0.697. The van der Waals surface area contributed by atoms with Crippen molar-refractivity contribution in [1.82, 2.24) is 15.1 Å². The summed E-state index contributed by atoms with van der Waals surface area (Å²) in [4.78, 5) is 0. The van der Waals surface area contributed by atoms with E-state index in [4.69, 9.17) is 9.84 Å². The fourth-order valence-electron chi connectivity index (χ4n) is 2.64. The molecule has 0 amide bonds. The molecule has 21 heavy (non-hydrogen) atoms. The third kappa shape index (κ3) is 4.05. The molecule has 1 aromatic carbocycles. The highest BCUT2D eigenvalue weighted by Crippen LogP contribution is 2.21. The molecule has 1 N–H and O–H groups in total. The molecular weight excluding hydrogens is 262 g/mol. The van der Waals surface area contributed by atoms with Crippen LogP contribution in [0.15, 0.2) is 24.3 Å². The van der Waals surface area contributed by atoms with Gasteiger partial charge >= 0.3 is 0 Å². The number of hydrogen-bond acceptors (Lipinski definition) is 3. The average molecular weight is 289 g/mol. The van der Waals surface area contributed by atoms with Gasteiger partial charge in [-0.25, -0.2) is 0 Å². The molecule has 2 aromatic rings. The van der Waals surface area contributed by atoms with E-state index in [2.05, 4.69) is 48.1 Å². The predicted molar refractivity (Wildman–Crippen MR) is 87.4 cm³/mol. The van der Waals surface area contributed by atoms with Gasteiger partial charge in [0.2, 0.25) is 0 Å². The number of rotatable bonds is 9. The van der Waals surface area contributed by atoms with Gasteiger partial charge in [0.1, 0.15) is 0 Å². The molecule has 4 heteroatoms. The molecule has 0 saturated carbocycles. The molecule has 0 bridgehead atoms. The normalized spacial score (nSPS) is 11.6. The summed E-state index contributed by atoms with van der Waals surface area (Å²) in [5.74, 6) is 0.697. The van der Waals surface area contributed by atoms with E-state index < -0.39 is 0 Å². The Morgan fingerprint density at radius 1 is 1.24 bits per heavy atom. The first-order valence-electron chi connectivity index (χ1n) is 7.94. The van der Waals surface area contributed by atoms with Crippen molar-refractivity contribution in [2.75, 3.05) is 20.3 Å². The molecule has 0 aliphatic carbocycles. The van der Waals surface area contributed by atoms with Gasteiger partial charge in [0.15, 0.2) is 0 Å². The lowest BCUT2D eigenvalue weighted by atomic mass is 10.0. The number of nitrogens with zero attached hydrogens (tertiary/aromatic N) is 2. The molecule has 116 valence electrons. The molecule has 4 nitrogen and oxygen atoms in total. The zero-order valence-electron chi connectivity index (χ0n) is 13.4. The number of benzene rings is 1. The summed E-state index contributed by atoms with van der Waals surface area (Å²) in [6.07, 6.45) is 2.40. The van der Waals surface area contributed by atoms with Crippen molar-refractivity contribution in [2.24, 2.45) is 5.92 Å². The predicted octanol–water partition coefficient (Wildman–Crippen LogP) is 3.21. The molecule has 0 fully saturated rings. The number of nitrogens with one attached hydrogen (secondary N) is 1. The summed E-state index contributed by atoms with van der Waals surface area (Å²) < 4.78 is 7.25. The Labute approximate surface area is 127 Å². The monoisotopic (exact) mass is 289 g/mol. The zero-order valence-corrected chi connectivity index (χ0v) is 13.4. The van der Waals surface area contributed by atoms with E-state index in [-0.39, 0.29) is 0 Å². The Kier molecular flexibility index (Phi) is 6.21. The first-order chi connectivity index (χ1) is 10.3. The van der Waals surface area contributed by atoms with Crippen molar-refractivity contribution in [2.45, 2.75) is 39.8 Å². The fraction of sp³-hybridized carbons (Fsp3) is 0.588. The first kappa shape index (κ1) is 16.0. The number of para-hydroxylation sites is 1. The molecule has 2 rings (SSSR count). The minimum Gasteiger partial charge on any atom is -0.383 e. The number of fused-ring (bicyclic) bond motifs is 1. The van der Waals surface area contributed by atoms with E-state index in [0.717, 1.165) is 31.9 Å². The van der Waals surface area contributed by atoms with E-state index in [1.807, 2.05) is 0 Å². The van der Waals surface area contributed by atoms with Gasteiger partial charge in [-0.15, -0.1) is 0 Å². The Balaban J connectivity index is 2.17. The number of hydrogen-bond donors (Lipinski definition) is 1. The van der Waals surface area contributed by atoms with Crippen molar-refractivity contribution in [3.05, 3.63) is 30.0 Å². The highest BCUT2D eigenvalue weighted by molar-refractivity contribution is 5.81. The second-order valence-corrected chi connectivity index (χ2v) is 5.50. The van der Waals surface area contributed by atoms with Crippen molar-refractivity contribution < 1.29 is 4.74 Å². The van der Waals surface area contributed by atoms with E-state index in [1.54, 1.807) is 7.11 Å². The van der Waals surface area contributed by atoms with E-state index in [1.165, 1.54) is 23.7 Å². The molecule has 1 heterocycles. The highest BCUT2D eigenvalue weighted by Gasteiger charge is 2.12. The maximum Gasteiger partial charge on any atom is 0.0841 e. The summed E-state index contributed by atoms with van der Waals surface area (Å²) in [5, 5.41) is 9.48. The summed E-state index contributed by atoms with van der Waals surface area (Å²) in [5.41, 5.74) is 2.38. The van der Waals surface area contributed by atoms with Gasteiger partial charge in [-0.3, -0.25) is 4.68 Å². The lowest BCUT2D eigenvalue weighted by Gasteiger charge is -2.12. The molecular formula is C17H27N3O. The van der Waals surface area contributed by atoms with E-state index in [0.29, 0.717) is 5.92 Å². The fourth-order valence-corrected chi connectivity index (χ4v) is 2.64. The zero-order chi connectivity index (χ0) is 15.1. The smallest absolute Gasteiger partial charge is 0.0841 e. The van der Waals surface area contributed by atoms with Crippen LogP contribution in [0.4, 0.5) is 0 Å². The molecule has 0 unspecified atom stereocenters. The molecule has 0 radical (unpaired) electrons. The summed E-state index contributed by atoms with van der Waals surface area (Å²) >= 11 is 0. The summed E-state index contributed by atoms with van der Waals surface area (Å²) in [7, 11) is 1.72. The lowest BCUT2D eigenvalue weighted by Crippen LogP contribution is -2.19. The number of methoxy groups -OCH3 is 1. The quantitative estimate of drug-likeness (QED) is 0.721. The Morgan fingerprint density at radius 2 is 2.00 bits per heavy atom. The van der Waals surface area contributed by atoms with Crippen molar-refractivity contribution in [3.8, 4) is 0 Å². The van der Waals surface area contributed by atoms with Crippen LogP contribution in [0.5, 0.6) is 0 Å². The molecule has 0 saturated heterocycles. The highest BCUT2D eigenvalue weighted by atomic mass is 16.5. The van der Waals surface area contributed by atoms with E-state index >= 15 is 0 Å². The second-order valence-electron chi connectivity index (χ2n) is 5.50. The molecule has 0 spiro atoms. The largest absolute Gasteiger partial charge is 0.383 e. The standard InChI is InChI=1S/C17H27N3O/c1-4-14(5-2)13-20-17-9-7-6-8-15(17)16(19-20)12-18-10-11-21-3/h6-9,14,18H,4-5,10-13H2,1-3H3. The van der Waals surface area contributed by atoms with Gasteiger partial charge in [-0.2, -0.15) is 5.10 Å². The molecule has 1 aromatic heterocycles. The maximum absolute atomic E-state index is 5.07. The van der Waals surface area contributed by atoms with Gasteiger partial charge in [0, 0.05) is 32.1 Å². The average Bonchev–Trinajstić information content (AvgIpc) is 2.87. The van der Waals surface area contributed by atoms with Crippen molar-refractivity contribution >= 4 is 10.9 Å². The minimum absolute atomic E-state index is 0.697. The first-order valence-corrected chi connectivity index (χ1v) is 7.94. The summed E-state index contributed by atoms with van der Waals surface area (Å²) in [6, 6.07) is 8.52. The second kappa shape index (κ2) is 8.15. The summed E-state index contributed by atoms with van der Waals surface area (Å²) in [6.45, 7) is 7.89. The maximum atomic E-state index is 5.07. The van der Waals surface area contributed by atoms with Gasteiger partial charge < -0.3 is 10.1 Å². The van der Waals surface area contributed by atoms with Crippen LogP contribution in [0.25, 0.3) is 10.9 Å². The van der Waals surface area contributed by atoms with Gasteiger partial charge in [-0.05, 0) is 12.0 Å². The number of ether oxygens (including phenoxy) is 1. The molecule has 0 atom stereocenters. The van der Waals surface area contributed by atoms with Crippen molar-refractivity contribution in [1.29, 1.82) is 0 Å². The van der Waals surface area contributed by atoms with Crippen LogP contribution in [0.3, 0.4) is 0 Å². The van der Waals surface area contributed by atoms with E-state index in [9.17, 15) is 0 Å². The Morgan fingerprint density at radius 3 is 2.71 bits per heavy atom. The molecule has 0 aliphatic rings. The van der Waals surface area contributed by atoms with Crippen LogP contribution >= 0.6 is 0 Å². The Bertz CT molecular complexity index is 546. The Hall–Kier alpha value is -1.39. The van der Waals surface area contributed by atoms with Gasteiger partial charge in [0.25, 0.3) is 0 Å². The topological polar surface area (TPSA) is 39.1 Å². The third-order valence-electron chi connectivity index (χ3n) is 4.10. The van der Waals surface area contributed by atoms with Crippen LogP contribution in [0.2, 0.25) is 0 Å². The molecule has 0 aliphatic heterocycles. The van der Waals surface area contributed by atoms with Crippen molar-refractivity contribution in [3.63, 3.8) is 0 Å². The van der Waals surface area contributed by atoms with Crippen LogP contribution < -0.4 is 5.32 Å². The third-order valence-corrected chi connectivity index (χ3v) is 4.10. The SMILES string of the molecule is CCC(CC)Cn1nc(CNCCOC)c2ccccc21. The van der Waals surface area contributed by atoms with Crippen LogP contribution in [-0.4, -0.2) is 30.0 Å². The lowest BCUT2D eigenvalue weighted by molar-refractivity contribution is 0.199. The van der Waals surface area contributed by atoms with Gasteiger partial charge in [0.05, 0.1) is 17.8 Å². The number of aromatic nitrogens is 2. The van der Waals surface area contributed by atoms with Crippen LogP contribution in [0.1, 0.15) is 32.4 Å². The van der Waals surface area contributed by atoms with Crippen LogP contribution in [0, 0.1) is 5.92 Å².